The molecular formula is C16H17Cl2N5O2S. The highest BCUT2D eigenvalue weighted by atomic mass is 35.5. The lowest BCUT2D eigenvalue weighted by Crippen LogP contribution is -2.13. The highest BCUT2D eigenvalue weighted by Crippen LogP contribution is 2.23. The van der Waals surface area contributed by atoms with Gasteiger partial charge in [-0.25, -0.2) is 8.42 Å². The van der Waals surface area contributed by atoms with E-state index in [-0.39, 0.29) is 4.90 Å². The molecule has 1 aromatic carbocycles. The Morgan fingerprint density at radius 1 is 1.15 bits per heavy atom. The third-order valence-corrected chi connectivity index (χ3v) is 6.08. The first-order valence-corrected chi connectivity index (χ1v) is 10.1. The number of nitrogens with zero attached hydrogens (tertiary/aromatic N) is 4. The summed E-state index contributed by atoms with van der Waals surface area (Å²) in [7, 11) is -3.73. The molecule has 3 rings (SSSR count). The Morgan fingerprint density at radius 2 is 1.92 bits per heavy atom. The van der Waals surface area contributed by atoms with Crippen LogP contribution in [0.25, 0.3) is 0 Å². The SMILES string of the molecule is CCn1ncc(S(=O)(=O)Nc2cnn(Cc3ccc(Cl)c(Cl)c3)c2)c1C. The van der Waals surface area contributed by atoms with Gasteiger partial charge in [-0.15, -0.1) is 0 Å². The fraction of sp³-hybridized carbons (Fsp3) is 0.250. The van der Waals surface area contributed by atoms with E-state index in [1.165, 1.54) is 12.4 Å². The molecule has 0 unspecified atom stereocenters. The lowest BCUT2D eigenvalue weighted by Gasteiger charge is -2.06. The number of hydrogen-bond acceptors (Lipinski definition) is 4. The van der Waals surface area contributed by atoms with Gasteiger partial charge in [-0.1, -0.05) is 29.3 Å². The van der Waals surface area contributed by atoms with Crippen molar-refractivity contribution in [3.8, 4) is 0 Å². The number of halogens is 2. The highest BCUT2D eigenvalue weighted by molar-refractivity contribution is 7.92. The minimum atomic E-state index is -3.73. The summed E-state index contributed by atoms with van der Waals surface area (Å²) >= 11 is 11.9. The molecule has 138 valence electrons. The first-order valence-electron chi connectivity index (χ1n) is 7.81. The second kappa shape index (κ2) is 7.30. The zero-order chi connectivity index (χ0) is 18.9. The summed E-state index contributed by atoms with van der Waals surface area (Å²) in [5.41, 5.74) is 1.86. The fourth-order valence-electron chi connectivity index (χ4n) is 2.55. The van der Waals surface area contributed by atoms with Crippen LogP contribution >= 0.6 is 23.2 Å². The van der Waals surface area contributed by atoms with Crippen molar-refractivity contribution in [2.24, 2.45) is 0 Å². The van der Waals surface area contributed by atoms with Gasteiger partial charge >= 0.3 is 0 Å². The Bertz CT molecular complexity index is 1040. The summed E-state index contributed by atoms with van der Waals surface area (Å²) in [4.78, 5) is 0.150. The zero-order valence-electron chi connectivity index (χ0n) is 14.1. The van der Waals surface area contributed by atoms with Crippen molar-refractivity contribution in [2.75, 3.05) is 4.72 Å². The number of sulfonamides is 1. The number of anilines is 1. The molecule has 0 bridgehead atoms. The molecule has 0 aliphatic carbocycles. The molecule has 0 aliphatic rings. The second-order valence-electron chi connectivity index (χ2n) is 5.69. The molecule has 0 saturated heterocycles. The zero-order valence-corrected chi connectivity index (χ0v) is 16.5. The van der Waals surface area contributed by atoms with Gasteiger partial charge in [0.1, 0.15) is 4.90 Å². The van der Waals surface area contributed by atoms with E-state index in [0.717, 1.165) is 5.56 Å². The van der Waals surface area contributed by atoms with Crippen molar-refractivity contribution in [1.82, 2.24) is 19.6 Å². The Hall–Kier alpha value is -2.03. The topological polar surface area (TPSA) is 81.8 Å². The van der Waals surface area contributed by atoms with Crippen LogP contribution in [0.1, 0.15) is 18.2 Å². The third kappa shape index (κ3) is 3.87. The maximum absolute atomic E-state index is 12.6. The molecule has 0 fully saturated rings. The molecule has 0 amide bonds. The molecule has 3 aromatic rings. The van der Waals surface area contributed by atoms with Crippen LogP contribution in [-0.2, 0) is 23.1 Å². The van der Waals surface area contributed by atoms with E-state index in [0.29, 0.717) is 34.5 Å². The summed E-state index contributed by atoms with van der Waals surface area (Å²) in [6.07, 6.45) is 4.41. The van der Waals surface area contributed by atoms with Crippen molar-refractivity contribution >= 4 is 38.9 Å². The molecule has 0 saturated carbocycles. The maximum Gasteiger partial charge on any atom is 0.265 e. The van der Waals surface area contributed by atoms with Gasteiger partial charge in [0.05, 0.1) is 40.4 Å². The first kappa shape index (κ1) is 18.8. The Kier molecular flexibility index (Phi) is 5.27. The summed E-state index contributed by atoms with van der Waals surface area (Å²) < 4.78 is 30.9. The van der Waals surface area contributed by atoms with Crippen LogP contribution in [0.4, 0.5) is 5.69 Å². The van der Waals surface area contributed by atoms with E-state index in [2.05, 4.69) is 14.9 Å². The summed E-state index contributed by atoms with van der Waals surface area (Å²) in [6, 6.07) is 5.29. The molecule has 2 heterocycles. The van der Waals surface area contributed by atoms with Crippen molar-refractivity contribution in [3.63, 3.8) is 0 Å². The average Bonchev–Trinajstić information content (AvgIpc) is 3.17. The molecule has 26 heavy (non-hydrogen) atoms. The van der Waals surface area contributed by atoms with Crippen LogP contribution in [-0.4, -0.2) is 28.0 Å². The number of rotatable bonds is 6. The smallest absolute Gasteiger partial charge is 0.265 e. The van der Waals surface area contributed by atoms with Crippen molar-refractivity contribution in [3.05, 3.63) is 58.1 Å². The van der Waals surface area contributed by atoms with Gasteiger partial charge in [0.15, 0.2) is 0 Å². The average molecular weight is 414 g/mol. The van der Waals surface area contributed by atoms with Crippen molar-refractivity contribution in [2.45, 2.75) is 31.8 Å². The highest BCUT2D eigenvalue weighted by Gasteiger charge is 2.21. The minimum absolute atomic E-state index is 0.150. The Morgan fingerprint density at radius 3 is 2.58 bits per heavy atom. The summed E-state index contributed by atoms with van der Waals surface area (Å²) in [6.45, 7) is 4.66. The molecule has 0 radical (unpaired) electrons. The molecule has 1 N–H and O–H groups in total. The van der Waals surface area contributed by atoms with Crippen LogP contribution in [0.3, 0.4) is 0 Å². The van der Waals surface area contributed by atoms with Gasteiger partial charge in [-0.05, 0) is 31.5 Å². The number of aryl methyl sites for hydroxylation is 1. The van der Waals surface area contributed by atoms with E-state index in [1.807, 2.05) is 13.0 Å². The standard InChI is InChI=1S/C16H17Cl2N5O2S/c1-3-23-11(2)16(8-20-23)26(24,25)21-13-7-19-22(10-13)9-12-4-5-14(17)15(18)6-12/h4-8,10,21H,3,9H2,1-2H3. The number of nitrogens with one attached hydrogen (secondary N) is 1. The molecule has 10 heteroatoms. The van der Waals surface area contributed by atoms with Gasteiger partial charge in [-0.3, -0.25) is 14.1 Å². The minimum Gasteiger partial charge on any atom is -0.276 e. The third-order valence-electron chi connectivity index (χ3n) is 3.86. The van der Waals surface area contributed by atoms with Crippen LogP contribution in [0.15, 0.2) is 41.7 Å². The molecule has 0 atom stereocenters. The lowest BCUT2D eigenvalue weighted by molar-refractivity contribution is 0.598. The van der Waals surface area contributed by atoms with Crippen LogP contribution in [0, 0.1) is 6.92 Å². The molecular weight excluding hydrogens is 397 g/mol. The van der Waals surface area contributed by atoms with Crippen molar-refractivity contribution < 1.29 is 8.42 Å². The summed E-state index contributed by atoms with van der Waals surface area (Å²) in [5.74, 6) is 0. The van der Waals surface area contributed by atoms with Gasteiger partial charge in [0.25, 0.3) is 10.0 Å². The second-order valence-corrected chi connectivity index (χ2v) is 8.16. The van der Waals surface area contributed by atoms with E-state index in [4.69, 9.17) is 23.2 Å². The van der Waals surface area contributed by atoms with Gasteiger partial charge in [0, 0.05) is 12.7 Å². The van der Waals surface area contributed by atoms with Crippen LogP contribution in [0.2, 0.25) is 10.0 Å². The largest absolute Gasteiger partial charge is 0.276 e. The van der Waals surface area contributed by atoms with Crippen LogP contribution < -0.4 is 4.72 Å². The van der Waals surface area contributed by atoms with Crippen LogP contribution in [0.5, 0.6) is 0 Å². The van der Waals surface area contributed by atoms with E-state index in [1.54, 1.807) is 34.6 Å². The molecule has 0 aliphatic heterocycles. The number of hydrogen-bond donors (Lipinski definition) is 1. The maximum atomic E-state index is 12.6. The molecule has 0 spiro atoms. The monoisotopic (exact) mass is 413 g/mol. The predicted octanol–water partition coefficient (Wildman–Crippen LogP) is 3.56. The lowest BCUT2D eigenvalue weighted by atomic mass is 10.2. The quantitative estimate of drug-likeness (QED) is 0.669. The van der Waals surface area contributed by atoms with Gasteiger partial charge < -0.3 is 0 Å². The van der Waals surface area contributed by atoms with E-state index >= 15 is 0 Å². The van der Waals surface area contributed by atoms with Gasteiger partial charge in [-0.2, -0.15) is 10.2 Å². The van der Waals surface area contributed by atoms with Gasteiger partial charge in [0.2, 0.25) is 0 Å². The van der Waals surface area contributed by atoms with E-state index < -0.39 is 10.0 Å². The van der Waals surface area contributed by atoms with Crippen molar-refractivity contribution in [1.29, 1.82) is 0 Å². The Labute approximate surface area is 161 Å². The predicted molar refractivity (Wildman–Crippen MR) is 101 cm³/mol. The normalized spacial score (nSPS) is 11.7. The fourth-order valence-corrected chi connectivity index (χ4v) is 4.08. The molecule has 2 aromatic heterocycles. The summed E-state index contributed by atoms with van der Waals surface area (Å²) in [5, 5.41) is 9.19. The van der Waals surface area contributed by atoms with E-state index in [9.17, 15) is 8.42 Å². The number of benzene rings is 1. The first-order chi connectivity index (χ1) is 12.3. The number of aromatic nitrogens is 4. The Balaban J connectivity index is 1.77. The molecule has 7 nitrogen and oxygen atoms in total.